The number of nitrogens with one attached hydrogen (secondary N) is 1. The van der Waals surface area contributed by atoms with Gasteiger partial charge in [-0.15, -0.1) is 0 Å². The van der Waals surface area contributed by atoms with E-state index < -0.39 is 28.5 Å². The lowest BCUT2D eigenvalue weighted by Crippen LogP contribution is -2.54. The number of hydrogen-bond donors (Lipinski definition) is 1. The number of rotatable bonds is 12. The van der Waals surface area contributed by atoms with E-state index in [1.165, 1.54) is 16.4 Å². The van der Waals surface area contributed by atoms with E-state index >= 15 is 0 Å². The summed E-state index contributed by atoms with van der Waals surface area (Å²) < 4.78 is 29.6. The Balaban J connectivity index is 1.58. The van der Waals surface area contributed by atoms with Crippen molar-refractivity contribution in [2.45, 2.75) is 76.4 Å². The number of sulfonamides is 1. The minimum atomic E-state index is -4.13. The van der Waals surface area contributed by atoms with E-state index in [1.54, 1.807) is 35.2 Å². The van der Waals surface area contributed by atoms with Gasteiger partial charge in [0, 0.05) is 19.0 Å². The van der Waals surface area contributed by atoms with Gasteiger partial charge in [-0.1, -0.05) is 91.7 Å². The number of amides is 2. The number of nitrogens with zero attached hydrogens (tertiary/aromatic N) is 2. The van der Waals surface area contributed by atoms with Crippen LogP contribution in [0.4, 0.5) is 5.69 Å². The largest absolute Gasteiger partial charge is 0.352 e. The molecule has 1 fully saturated rings. The average Bonchev–Trinajstić information content (AvgIpc) is 3.57. The Bertz CT molecular complexity index is 1750. The van der Waals surface area contributed by atoms with E-state index in [4.69, 9.17) is 0 Å². The molecule has 0 unspecified atom stereocenters. The number of benzene rings is 4. The predicted octanol–water partition coefficient (Wildman–Crippen LogP) is 6.51. The highest BCUT2D eigenvalue weighted by atomic mass is 32.2. The Hall–Kier alpha value is -4.43. The van der Waals surface area contributed by atoms with Crippen LogP contribution >= 0.6 is 0 Å². The molecule has 0 spiro atoms. The number of anilines is 1. The van der Waals surface area contributed by atoms with Crippen molar-refractivity contribution in [1.82, 2.24) is 10.2 Å². The standard InChI is InChI=1S/C38H43N3O4S/c1-28-22-23-34(24-30(28)3)41(46(44,45)35-20-8-5-9-21-35)27-37(42)40(26-32-17-11-10-14-29(32)2)36(25-31-15-6-4-7-16-31)38(43)39-33-18-12-13-19-33/h4-11,14-17,20-24,33,36H,12-13,18-19,25-27H2,1-3H3,(H,39,43)/t36-/m0/s1. The van der Waals surface area contributed by atoms with Crippen LogP contribution in [0, 0.1) is 20.8 Å². The maximum absolute atomic E-state index is 14.7. The zero-order chi connectivity index (χ0) is 32.7. The fourth-order valence-corrected chi connectivity index (χ4v) is 7.45. The molecule has 0 radical (unpaired) electrons. The molecule has 0 saturated heterocycles. The molecule has 0 aliphatic heterocycles. The van der Waals surface area contributed by atoms with Crippen molar-refractivity contribution >= 4 is 27.5 Å². The molecule has 7 nitrogen and oxygen atoms in total. The first kappa shape index (κ1) is 32.9. The number of carbonyl (C=O) groups is 2. The predicted molar refractivity (Wildman–Crippen MR) is 183 cm³/mol. The summed E-state index contributed by atoms with van der Waals surface area (Å²) in [6.07, 6.45) is 4.23. The highest BCUT2D eigenvalue weighted by Gasteiger charge is 2.35. The minimum Gasteiger partial charge on any atom is -0.352 e. The second-order valence-corrected chi connectivity index (χ2v) is 14.1. The van der Waals surface area contributed by atoms with Gasteiger partial charge in [-0.05, 0) is 85.7 Å². The first-order valence-electron chi connectivity index (χ1n) is 16.0. The number of hydrogen-bond acceptors (Lipinski definition) is 4. The molecule has 0 bridgehead atoms. The fraction of sp³-hybridized carbons (Fsp3) is 0.316. The Morgan fingerprint density at radius 2 is 1.41 bits per heavy atom. The van der Waals surface area contributed by atoms with Crippen LogP contribution in [0.3, 0.4) is 0 Å². The maximum Gasteiger partial charge on any atom is 0.264 e. The van der Waals surface area contributed by atoms with Crippen LogP contribution in [-0.2, 0) is 32.6 Å². The summed E-state index contributed by atoms with van der Waals surface area (Å²) in [5.41, 5.74) is 5.11. The fourth-order valence-electron chi connectivity index (χ4n) is 6.02. The van der Waals surface area contributed by atoms with Gasteiger partial charge in [0.2, 0.25) is 11.8 Å². The molecule has 5 rings (SSSR count). The van der Waals surface area contributed by atoms with Gasteiger partial charge in [-0.25, -0.2) is 8.42 Å². The molecule has 1 aliphatic carbocycles. The summed E-state index contributed by atoms with van der Waals surface area (Å²) in [5.74, 6) is -0.676. The Kier molecular flexibility index (Phi) is 10.6. The lowest BCUT2D eigenvalue weighted by Gasteiger charge is -2.34. The van der Waals surface area contributed by atoms with Crippen molar-refractivity contribution in [3.8, 4) is 0 Å². The number of carbonyl (C=O) groups excluding carboxylic acids is 2. The van der Waals surface area contributed by atoms with Crippen LogP contribution in [0.5, 0.6) is 0 Å². The molecule has 1 saturated carbocycles. The van der Waals surface area contributed by atoms with Crippen LogP contribution in [0.25, 0.3) is 0 Å². The van der Waals surface area contributed by atoms with Crippen molar-refractivity contribution < 1.29 is 18.0 Å². The summed E-state index contributed by atoms with van der Waals surface area (Å²) in [4.78, 5) is 30.5. The van der Waals surface area contributed by atoms with Crippen molar-refractivity contribution in [3.05, 3.63) is 131 Å². The van der Waals surface area contributed by atoms with Gasteiger partial charge in [0.1, 0.15) is 12.6 Å². The van der Waals surface area contributed by atoms with Crippen LogP contribution in [0.15, 0.2) is 108 Å². The normalized spacial score (nSPS) is 14.1. The summed E-state index contributed by atoms with van der Waals surface area (Å²) in [5, 5.41) is 3.23. The first-order valence-corrected chi connectivity index (χ1v) is 17.4. The molecule has 2 amide bonds. The van der Waals surface area contributed by atoms with Gasteiger partial charge < -0.3 is 10.2 Å². The molecule has 240 valence electrons. The SMILES string of the molecule is Cc1ccc(N(CC(=O)N(Cc2ccccc2C)[C@@H](Cc2ccccc2)C(=O)NC2CCCC2)S(=O)(=O)c2ccccc2)cc1C. The molecular formula is C38H43N3O4S. The van der Waals surface area contributed by atoms with Crippen molar-refractivity contribution in [1.29, 1.82) is 0 Å². The van der Waals surface area contributed by atoms with Crippen LogP contribution < -0.4 is 9.62 Å². The van der Waals surface area contributed by atoms with Crippen LogP contribution in [-0.4, -0.2) is 43.8 Å². The third-order valence-electron chi connectivity index (χ3n) is 8.96. The third-order valence-corrected chi connectivity index (χ3v) is 10.8. The van der Waals surface area contributed by atoms with E-state index in [-0.39, 0.29) is 23.4 Å². The second kappa shape index (κ2) is 14.8. The van der Waals surface area contributed by atoms with Gasteiger partial charge in [0.15, 0.2) is 0 Å². The topological polar surface area (TPSA) is 86.8 Å². The quantitative estimate of drug-likeness (QED) is 0.192. The molecule has 1 atom stereocenters. The lowest BCUT2D eigenvalue weighted by molar-refractivity contribution is -0.140. The molecule has 1 N–H and O–H groups in total. The number of aryl methyl sites for hydroxylation is 3. The molecule has 46 heavy (non-hydrogen) atoms. The molecule has 4 aromatic rings. The maximum atomic E-state index is 14.7. The molecule has 4 aromatic carbocycles. The molecule has 0 heterocycles. The van der Waals surface area contributed by atoms with Crippen LogP contribution in [0.2, 0.25) is 0 Å². The summed E-state index contributed by atoms with van der Waals surface area (Å²) in [7, 11) is -4.13. The molecular weight excluding hydrogens is 595 g/mol. The van der Waals surface area contributed by atoms with Gasteiger partial charge in [-0.3, -0.25) is 13.9 Å². The zero-order valence-electron chi connectivity index (χ0n) is 26.9. The first-order chi connectivity index (χ1) is 22.1. The lowest BCUT2D eigenvalue weighted by atomic mass is 10.0. The second-order valence-electron chi connectivity index (χ2n) is 12.2. The van der Waals surface area contributed by atoms with Gasteiger partial charge in [-0.2, -0.15) is 0 Å². The molecule has 8 heteroatoms. The van der Waals surface area contributed by atoms with E-state index in [1.807, 2.05) is 81.4 Å². The minimum absolute atomic E-state index is 0.0617. The highest BCUT2D eigenvalue weighted by Crippen LogP contribution is 2.27. The van der Waals surface area contributed by atoms with Crippen molar-refractivity contribution in [3.63, 3.8) is 0 Å². The van der Waals surface area contributed by atoms with Crippen LogP contribution in [0.1, 0.15) is 53.5 Å². The zero-order valence-corrected chi connectivity index (χ0v) is 27.7. The van der Waals surface area contributed by atoms with Crippen molar-refractivity contribution in [2.24, 2.45) is 0 Å². The van der Waals surface area contributed by atoms with E-state index in [2.05, 4.69) is 5.32 Å². The highest BCUT2D eigenvalue weighted by molar-refractivity contribution is 7.92. The van der Waals surface area contributed by atoms with E-state index in [0.717, 1.165) is 53.5 Å². The van der Waals surface area contributed by atoms with E-state index in [9.17, 15) is 18.0 Å². The van der Waals surface area contributed by atoms with Gasteiger partial charge in [0.05, 0.1) is 10.6 Å². The summed E-state index contributed by atoms with van der Waals surface area (Å²) in [6.45, 7) is 5.55. The third kappa shape index (κ3) is 7.85. The smallest absolute Gasteiger partial charge is 0.264 e. The summed E-state index contributed by atoms with van der Waals surface area (Å²) in [6, 6.07) is 30.2. The van der Waals surface area contributed by atoms with E-state index in [0.29, 0.717) is 12.1 Å². The monoisotopic (exact) mass is 637 g/mol. The Labute approximate surface area is 273 Å². The van der Waals surface area contributed by atoms with Crippen molar-refractivity contribution in [2.75, 3.05) is 10.8 Å². The average molecular weight is 638 g/mol. The molecule has 1 aliphatic rings. The Morgan fingerprint density at radius 3 is 2.07 bits per heavy atom. The van der Waals surface area contributed by atoms with Gasteiger partial charge in [0.25, 0.3) is 10.0 Å². The Morgan fingerprint density at radius 1 is 0.783 bits per heavy atom. The summed E-state index contributed by atoms with van der Waals surface area (Å²) >= 11 is 0. The van der Waals surface area contributed by atoms with Gasteiger partial charge >= 0.3 is 0 Å². The molecule has 0 aromatic heterocycles.